The van der Waals surface area contributed by atoms with Gasteiger partial charge in [-0.2, -0.15) is 0 Å². The van der Waals surface area contributed by atoms with Crippen LogP contribution in [0.3, 0.4) is 0 Å². The topological polar surface area (TPSA) is 17.1 Å². The molecule has 0 unspecified atom stereocenters. The third-order valence-electron chi connectivity index (χ3n) is 2.48. The fourth-order valence-corrected chi connectivity index (χ4v) is 1.56. The molecule has 0 heterocycles. The maximum Gasteiger partial charge on any atom is 0.163 e. The number of aryl methyl sites for hydroxylation is 1. The Morgan fingerprint density at radius 3 is 2.53 bits per heavy atom. The molecule has 1 aromatic carbocycles. The van der Waals surface area contributed by atoms with Crippen LogP contribution >= 0.6 is 0 Å². The average molecular weight is 202 g/mol. The van der Waals surface area contributed by atoms with E-state index < -0.39 is 0 Å². The number of carbonyl (C=O) groups is 1. The van der Waals surface area contributed by atoms with Gasteiger partial charge in [-0.25, -0.2) is 0 Å². The number of hydrogen-bond acceptors (Lipinski definition) is 1. The summed E-state index contributed by atoms with van der Waals surface area (Å²) < 4.78 is 0. The predicted octanol–water partition coefficient (Wildman–Crippen LogP) is 3.79. The minimum Gasteiger partial charge on any atom is -0.294 e. The Balaban J connectivity index is 2.77. The predicted molar refractivity (Wildman–Crippen MR) is 64.2 cm³/mol. The second-order valence-corrected chi connectivity index (χ2v) is 3.89. The van der Waals surface area contributed by atoms with Crippen LogP contribution in [0, 0.1) is 0 Å². The molecule has 1 nitrogen and oxygen atoms in total. The zero-order chi connectivity index (χ0) is 11.3. The molecule has 0 atom stereocenters. The van der Waals surface area contributed by atoms with Crippen molar-refractivity contribution >= 4 is 5.78 Å². The van der Waals surface area contributed by atoms with E-state index in [0.29, 0.717) is 6.42 Å². The van der Waals surface area contributed by atoms with E-state index in [1.165, 1.54) is 0 Å². The van der Waals surface area contributed by atoms with Gasteiger partial charge in [-0.05, 0) is 25.3 Å². The van der Waals surface area contributed by atoms with Crippen molar-refractivity contribution in [3.8, 4) is 0 Å². The van der Waals surface area contributed by atoms with Crippen LogP contribution in [0.25, 0.3) is 0 Å². The molecule has 0 fully saturated rings. The molecule has 0 aliphatic heterocycles. The molecule has 0 aliphatic rings. The smallest absolute Gasteiger partial charge is 0.163 e. The van der Waals surface area contributed by atoms with Gasteiger partial charge in [0.2, 0.25) is 0 Å². The SMILES string of the molecule is C=C(C)CCC(=O)c1ccccc1CC. The highest BCUT2D eigenvalue weighted by Crippen LogP contribution is 2.14. The summed E-state index contributed by atoms with van der Waals surface area (Å²) in [5.41, 5.74) is 3.09. The lowest BCUT2D eigenvalue weighted by molar-refractivity contribution is 0.0982. The summed E-state index contributed by atoms with van der Waals surface area (Å²) >= 11 is 0. The van der Waals surface area contributed by atoms with Crippen LogP contribution in [0.4, 0.5) is 0 Å². The zero-order valence-corrected chi connectivity index (χ0v) is 9.55. The average Bonchev–Trinajstić information content (AvgIpc) is 2.25. The summed E-state index contributed by atoms with van der Waals surface area (Å²) in [6, 6.07) is 7.84. The maximum atomic E-state index is 11.9. The highest BCUT2D eigenvalue weighted by atomic mass is 16.1. The minimum atomic E-state index is 0.232. The van der Waals surface area contributed by atoms with Gasteiger partial charge in [0.1, 0.15) is 0 Å². The Morgan fingerprint density at radius 1 is 1.27 bits per heavy atom. The molecule has 80 valence electrons. The summed E-state index contributed by atoms with van der Waals surface area (Å²) in [5.74, 6) is 0.232. The largest absolute Gasteiger partial charge is 0.294 e. The minimum absolute atomic E-state index is 0.232. The van der Waals surface area contributed by atoms with Gasteiger partial charge in [0.05, 0.1) is 0 Å². The van der Waals surface area contributed by atoms with Crippen LogP contribution in [-0.4, -0.2) is 5.78 Å². The van der Waals surface area contributed by atoms with Gasteiger partial charge in [0, 0.05) is 12.0 Å². The molecule has 0 N–H and O–H groups in total. The molecule has 0 amide bonds. The van der Waals surface area contributed by atoms with Gasteiger partial charge in [-0.15, -0.1) is 6.58 Å². The third kappa shape index (κ3) is 3.35. The summed E-state index contributed by atoms with van der Waals surface area (Å²) in [7, 11) is 0. The monoisotopic (exact) mass is 202 g/mol. The van der Waals surface area contributed by atoms with Crippen molar-refractivity contribution < 1.29 is 4.79 Å². The fraction of sp³-hybridized carbons (Fsp3) is 0.357. The number of allylic oxidation sites excluding steroid dienone is 1. The highest BCUT2D eigenvalue weighted by Gasteiger charge is 2.08. The molecule has 0 saturated carbocycles. The van der Waals surface area contributed by atoms with Gasteiger partial charge in [-0.3, -0.25) is 4.79 Å². The Morgan fingerprint density at radius 2 is 1.93 bits per heavy atom. The lowest BCUT2D eigenvalue weighted by Gasteiger charge is -2.06. The van der Waals surface area contributed by atoms with Crippen molar-refractivity contribution in [3.05, 3.63) is 47.5 Å². The van der Waals surface area contributed by atoms with E-state index in [-0.39, 0.29) is 5.78 Å². The molecule has 1 aromatic rings. The maximum absolute atomic E-state index is 11.9. The molecule has 1 heteroatoms. The lowest BCUT2D eigenvalue weighted by atomic mass is 9.98. The molecule has 0 radical (unpaired) electrons. The Kier molecular flexibility index (Phi) is 4.29. The summed E-state index contributed by atoms with van der Waals surface area (Å²) in [5, 5.41) is 0. The van der Waals surface area contributed by atoms with Crippen molar-refractivity contribution in [2.24, 2.45) is 0 Å². The quantitative estimate of drug-likeness (QED) is 0.524. The molecule has 0 spiro atoms. The van der Waals surface area contributed by atoms with Gasteiger partial charge in [-0.1, -0.05) is 36.8 Å². The van der Waals surface area contributed by atoms with Crippen molar-refractivity contribution in [1.29, 1.82) is 0 Å². The van der Waals surface area contributed by atoms with Crippen LogP contribution in [-0.2, 0) is 6.42 Å². The number of benzene rings is 1. The highest BCUT2D eigenvalue weighted by molar-refractivity contribution is 5.97. The third-order valence-corrected chi connectivity index (χ3v) is 2.48. The number of Topliss-reactive ketones (excluding diaryl/α,β-unsaturated/α-hetero) is 1. The molecule has 1 rings (SSSR count). The van der Waals surface area contributed by atoms with Crippen molar-refractivity contribution in [2.75, 3.05) is 0 Å². The van der Waals surface area contributed by atoms with Crippen LogP contribution in [0.1, 0.15) is 42.6 Å². The molecular formula is C14H18O. The number of rotatable bonds is 5. The number of carbonyl (C=O) groups excluding carboxylic acids is 1. The normalized spacial score (nSPS) is 10.0. The van der Waals surface area contributed by atoms with Crippen molar-refractivity contribution in [1.82, 2.24) is 0 Å². The van der Waals surface area contributed by atoms with Gasteiger partial charge in [0.15, 0.2) is 5.78 Å². The van der Waals surface area contributed by atoms with E-state index in [1.54, 1.807) is 0 Å². The van der Waals surface area contributed by atoms with Gasteiger partial charge >= 0.3 is 0 Å². The Bertz CT molecular complexity index is 363. The molecule has 0 aromatic heterocycles. The Hall–Kier alpha value is -1.37. The standard InChI is InChI=1S/C14H18O/c1-4-12-7-5-6-8-13(12)14(15)10-9-11(2)3/h5-8H,2,4,9-10H2,1,3H3. The van der Waals surface area contributed by atoms with E-state index in [4.69, 9.17) is 0 Å². The van der Waals surface area contributed by atoms with Crippen molar-refractivity contribution in [3.63, 3.8) is 0 Å². The first kappa shape index (κ1) is 11.7. The van der Waals surface area contributed by atoms with E-state index in [1.807, 2.05) is 31.2 Å². The Labute approximate surface area is 91.8 Å². The van der Waals surface area contributed by atoms with Gasteiger partial charge < -0.3 is 0 Å². The van der Waals surface area contributed by atoms with E-state index in [9.17, 15) is 4.79 Å². The summed E-state index contributed by atoms with van der Waals surface area (Å²) in [6.07, 6.45) is 2.28. The van der Waals surface area contributed by atoms with Crippen molar-refractivity contribution in [2.45, 2.75) is 33.1 Å². The first-order chi connectivity index (χ1) is 7.15. The summed E-state index contributed by atoms with van der Waals surface area (Å²) in [4.78, 5) is 11.9. The molecule has 0 saturated heterocycles. The second kappa shape index (κ2) is 5.50. The molecule has 15 heavy (non-hydrogen) atoms. The molecular weight excluding hydrogens is 184 g/mol. The molecule has 0 aliphatic carbocycles. The fourth-order valence-electron chi connectivity index (χ4n) is 1.56. The van der Waals surface area contributed by atoms with Crippen LogP contribution in [0.2, 0.25) is 0 Å². The van der Waals surface area contributed by atoms with E-state index in [2.05, 4.69) is 13.5 Å². The van der Waals surface area contributed by atoms with Crippen LogP contribution in [0.15, 0.2) is 36.4 Å². The first-order valence-electron chi connectivity index (χ1n) is 5.40. The first-order valence-corrected chi connectivity index (χ1v) is 5.40. The molecule has 0 bridgehead atoms. The van der Waals surface area contributed by atoms with E-state index >= 15 is 0 Å². The number of ketones is 1. The lowest BCUT2D eigenvalue weighted by Crippen LogP contribution is -2.03. The summed E-state index contributed by atoms with van der Waals surface area (Å²) in [6.45, 7) is 7.84. The van der Waals surface area contributed by atoms with Gasteiger partial charge in [0.25, 0.3) is 0 Å². The van der Waals surface area contributed by atoms with Crippen LogP contribution < -0.4 is 0 Å². The van der Waals surface area contributed by atoms with Crippen LogP contribution in [0.5, 0.6) is 0 Å². The van der Waals surface area contributed by atoms with E-state index in [0.717, 1.165) is 29.5 Å². The number of hydrogen-bond donors (Lipinski definition) is 0. The zero-order valence-electron chi connectivity index (χ0n) is 9.55. The second-order valence-electron chi connectivity index (χ2n) is 3.89.